The van der Waals surface area contributed by atoms with Crippen LogP contribution in [0.3, 0.4) is 0 Å². The van der Waals surface area contributed by atoms with Crippen LogP contribution in [0.4, 0.5) is 5.69 Å². The highest BCUT2D eigenvalue weighted by atomic mass is 35.5. The number of aryl methyl sites for hydroxylation is 1. The number of anilines is 1. The number of halogens is 1. The number of hydrogen-bond acceptors (Lipinski definition) is 6. The molecule has 0 radical (unpaired) electrons. The van der Waals surface area contributed by atoms with E-state index in [2.05, 4.69) is 15.5 Å². The lowest BCUT2D eigenvalue weighted by Crippen LogP contribution is -2.50. The Bertz CT molecular complexity index is 1070. The number of rotatable bonds is 5. The number of benzene rings is 2. The van der Waals surface area contributed by atoms with E-state index in [1.165, 1.54) is 7.05 Å². The number of hydrogen-bond donors (Lipinski definition) is 1. The van der Waals surface area contributed by atoms with E-state index in [0.29, 0.717) is 28.2 Å². The van der Waals surface area contributed by atoms with E-state index >= 15 is 0 Å². The Morgan fingerprint density at radius 3 is 2.73 bits per heavy atom. The van der Waals surface area contributed by atoms with Gasteiger partial charge in [0.1, 0.15) is 5.75 Å². The van der Waals surface area contributed by atoms with E-state index in [1.54, 1.807) is 47.4 Å². The molecule has 2 heterocycles. The third-order valence-corrected chi connectivity index (χ3v) is 4.99. The predicted molar refractivity (Wildman–Crippen MR) is 110 cm³/mol. The van der Waals surface area contributed by atoms with Gasteiger partial charge >= 0.3 is 0 Å². The van der Waals surface area contributed by atoms with E-state index in [-0.39, 0.29) is 31.2 Å². The van der Waals surface area contributed by atoms with E-state index < -0.39 is 6.10 Å². The summed E-state index contributed by atoms with van der Waals surface area (Å²) >= 11 is 5.90. The summed E-state index contributed by atoms with van der Waals surface area (Å²) in [5, 5.41) is 7.14. The number of fused-ring (bicyclic) bond motifs is 1. The molecule has 1 atom stereocenters. The maximum Gasteiger partial charge on any atom is 0.262 e. The summed E-state index contributed by atoms with van der Waals surface area (Å²) in [5.74, 6) is 0.842. The second-order valence-corrected chi connectivity index (χ2v) is 7.15. The SMILES string of the molecule is CNC(=O)C1CN(C(=O)CCc2nc(-c3ccc(Cl)cc3)no2)c2ccccc2O1. The molecule has 0 saturated heterocycles. The summed E-state index contributed by atoms with van der Waals surface area (Å²) in [4.78, 5) is 30.9. The molecular formula is C21H19ClN4O4. The van der Waals surface area contributed by atoms with Crippen LogP contribution in [-0.2, 0) is 16.0 Å². The number of carbonyl (C=O) groups is 2. The van der Waals surface area contributed by atoms with Gasteiger partial charge in [0, 0.05) is 30.5 Å². The van der Waals surface area contributed by atoms with Crippen molar-refractivity contribution in [1.29, 1.82) is 0 Å². The molecule has 9 heteroatoms. The third kappa shape index (κ3) is 4.13. The van der Waals surface area contributed by atoms with Gasteiger partial charge in [-0.25, -0.2) is 0 Å². The molecule has 8 nitrogen and oxygen atoms in total. The van der Waals surface area contributed by atoms with Crippen molar-refractivity contribution in [2.24, 2.45) is 0 Å². The van der Waals surface area contributed by atoms with Crippen molar-refractivity contribution >= 4 is 29.1 Å². The number of nitrogens with one attached hydrogen (secondary N) is 1. The molecule has 0 fully saturated rings. The van der Waals surface area contributed by atoms with Crippen LogP contribution < -0.4 is 15.0 Å². The molecule has 1 aromatic heterocycles. The number of amides is 2. The van der Waals surface area contributed by atoms with Crippen molar-refractivity contribution in [1.82, 2.24) is 15.5 Å². The summed E-state index contributed by atoms with van der Waals surface area (Å²) in [5.41, 5.74) is 1.41. The number of para-hydroxylation sites is 2. The van der Waals surface area contributed by atoms with Crippen LogP contribution in [0.1, 0.15) is 12.3 Å². The fourth-order valence-electron chi connectivity index (χ4n) is 3.19. The molecule has 0 saturated carbocycles. The predicted octanol–water partition coefficient (Wildman–Crippen LogP) is 2.86. The summed E-state index contributed by atoms with van der Waals surface area (Å²) < 4.78 is 11.0. The first-order chi connectivity index (χ1) is 14.5. The molecule has 1 aliphatic rings. The van der Waals surface area contributed by atoms with Gasteiger partial charge in [-0.2, -0.15) is 4.98 Å². The van der Waals surface area contributed by atoms with Crippen LogP contribution in [0.25, 0.3) is 11.4 Å². The van der Waals surface area contributed by atoms with E-state index in [0.717, 1.165) is 5.56 Å². The monoisotopic (exact) mass is 426 g/mol. The van der Waals surface area contributed by atoms with Crippen LogP contribution in [0.5, 0.6) is 5.75 Å². The van der Waals surface area contributed by atoms with Crippen molar-refractivity contribution in [2.45, 2.75) is 18.9 Å². The third-order valence-electron chi connectivity index (χ3n) is 4.74. The van der Waals surface area contributed by atoms with Gasteiger partial charge in [0.05, 0.1) is 12.2 Å². The quantitative estimate of drug-likeness (QED) is 0.673. The Morgan fingerprint density at radius 1 is 1.20 bits per heavy atom. The van der Waals surface area contributed by atoms with Gasteiger partial charge in [-0.05, 0) is 36.4 Å². The van der Waals surface area contributed by atoms with Gasteiger partial charge in [0.25, 0.3) is 5.91 Å². The number of carbonyl (C=O) groups excluding carboxylic acids is 2. The van der Waals surface area contributed by atoms with Crippen LogP contribution in [-0.4, -0.2) is 41.7 Å². The van der Waals surface area contributed by atoms with E-state index in [1.807, 2.05) is 6.07 Å². The zero-order valence-electron chi connectivity index (χ0n) is 16.2. The van der Waals surface area contributed by atoms with Crippen LogP contribution in [0.2, 0.25) is 5.02 Å². The van der Waals surface area contributed by atoms with Gasteiger partial charge in [-0.3, -0.25) is 9.59 Å². The Hall–Kier alpha value is -3.39. The van der Waals surface area contributed by atoms with Crippen molar-refractivity contribution in [3.8, 4) is 17.1 Å². The highest BCUT2D eigenvalue weighted by molar-refractivity contribution is 6.30. The smallest absolute Gasteiger partial charge is 0.262 e. The van der Waals surface area contributed by atoms with Crippen LogP contribution in [0, 0.1) is 0 Å². The second kappa shape index (κ2) is 8.54. The summed E-state index contributed by atoms with van der Waals surface area (Å²) in [6.07, 6.45) is -0.338. The lowest BCUT2D eigenvalue weighted by Gasteiger charge is -2.34. The molecule has 2 amide bonds. The maximum absolute atomic E-state index is 12.9. The Kier molecular flexibility index (Phi) is 5.67. The van der Waals surface area contributed by atoms with Gasteiger partial charge in [0.15, 0.2) is 6.10 Å². The molecule has 0 bridgehead atoms. The first-order valence-electron chi connectivity index (χ1n) is 9.41. The average molecular weight is 427 g/mol. The van der Waals surface area contributed by atoms with Crippen molar-refractivity contribution < 1.29 is 18.8 Å². The van der Waals surface area contributed by atoms with E-state index in [9.17, 15) is 9.59 Å². The molecule has 1 unspecified atom stereocenters. The zero-order valence-corrected chi connectivity index (χ0v) is 16.9. The Balaban J connectivity index is 1.46. The first-order valence-corrected chi connectivity index (χ1v) is 9.79. The molecular weight excluding hydrogens is 408 g/mol. The minimum absolute atomic E-state index is 0.134. The fourth-order valence-corrected chi connectivity index (χ4v) is 3.32. The first kappa shape index (κ1) is 19.9. The van der Waals surface area contributed by atoms with Gasteiger partial charge < -0.3 is 19.5 Å². The normalized spacial score (nSPS) is 15.3. The molecule has 1 N–H and O–H groups in total. The van der Waals surface area contributed by atoms with Crippen molar-refractivity contribution in [2.75, 3.05) is 18.5 Å². The van der Waals surface area contributed by atoms with Crippen molar-refractivity contribution in [3.63, 3.8) is 0 Å². The lowest BCUT2D eigenvalue weighted by atomic mass is 10.1. The second-order valence-electron chi connectivity index (χ2n) is 6.71. The lowest BCUT2D eigenvalue weighted by molar-refractivity contribution is -0.127. The molecule has 0 aliphatic carbocycles. The number of nitrogens with zero attached hydrogens (tertiary/aromatic N) is 3. The molecule has 4 rings (SSSR count). The van der Waals surface area contributed by atoms with Crippen molar-refractivity contribution in [3.05, 3.63) is 59.4 Å². The fraction of sp³-hybridized carbons (Fsp3) is 0.238. The minimum Gasteiger partial charge on any atom is -0.477 e. The maximum atomic E-state index is 12.9. The minimum atomic E-state index is -0.770. The summed E-state index contributed by atoms with van der Waals surface area (Å²) in [7, 11) is 1.53. The largest absolute Gasteiger partial charge is 0.477 e. The molecule has 30 heavy (non-hydrogen) atoms. The summed E-state index contributed by atoms with van der Waals surface area (Å²) in [6.45, 7) is 0.134. The molecule has 3 aromatic rings. The zero-order chi connectivity index (χ0) is 21.1. The highest BCUT2D eigenvalue weighted by Crippen LogP contribution is 2.33. The van der Waals surface area contributed by atoms with E-state index in [4.69, 9.17) is 20.9 Å². The molecule has 2 aromatic carbocycles. The van der Waals surface area contributed by atoms with Crippen LogP contribution in [0.15, 0.2) is 53.1 Å². The summed E-state index contributed by atoms with van der Waals surface area (Å²) in [6, 6.07) is 14.2. The highest BCUT2D eigenvalue weighted by Gasteiger charge is 2.33. The van der Waals surface area contributed by atoms with Gasteiger partial charge in [-0.1, -0.05) is 28.9 Å². The molecule has 0 spiro atoms. The Morgan fingerprint density at radius 2 is 1.97 bits per heavy atom. The molecule has 154 valence electrons. The molecule has 1 aliphatic heterocycles. The van der Waals surface area contributed by atoms with Gasteiger partial charge in [0.2, 0.25) is 17.6 Å². The van der Waals surface area contributed by atoms with Crippen LogP contribution >= 0.6 is 11.6 Å². The Labute approximate surface area is 177 Å². The number of aromatic nitrogens is 2. The topological polar surface area (TPSA) is 97.6 Å². The van der Waals surface area contributed by atoms with Gasteiger partial charge in [-0.15, -0.1) is 0 Å². The number of likely N-dealkylation sites (N-methyl/N-ethyl adjacent to an activating group) is 1. The standard InChI is InChI=1S/C21H19ClN4O4/c1-23-21(28)17-12-26(15-4-2-3-5-16(15)29-17)19(27)11-10-18-24-20(25-30-18)13-6-8-14(22)9-7-13/h2-9,17H,10-12H2,1H3,(H,23,28). The average Bonchev–Trinajstić information content (AvgIpc) is 3.25. The number of ether oxygens (including phenoxy) is 1.